The monoisotopic (exact) mass is 342 g/mol. The maximum Gasteiger partial charge on any atom is 0.255 e. The van der Waals surface area contributed by atoms with Crippen molar-refractivity contribution in [1.82, 2.24) is 4.98 Å². The van der Waals surface area contributed by atoms with E-state index in [-0.39, 0.29) is 11.1 Å². The maximum atomic E-state index is 13.1. The number of aromatic nitrogens is 1. The predicted octanol–water partition coefficient (Wildman–Crippen LogP) is 4.20. The lowest BCUT2D eigenvalue weighted by molar-refractivity contribution is 0.102. The zero-order chi connectivity index (χ0) is 14.0. The topological polar surface area (TPSA) is 42.0 Å². The van der Waals surface area contributed by atoms with Crippen LogP contribution in [0.5, 0.6) is 0 Å². The molecule has 2 aromatic rings. The Kier molecular flexibility index (Phi) is 4.17. The molecule has 1 N–H and O–H groups in total. The first-order chi connectivity index (χ1) is 8.95. The highest BCUT2D eigenvalue weighted by molar-refractivity contribution is 9.10. The molecule has 0 saturated carbocycles. The quantitative estimate of drug-likeness (QED) is 0.831. The van der Waals surface area contributed by atoms with Crippen molar-refractivity contribution in [3.63, 3.8) is 0 Å². The van der Waals surface area contributed by atoms with Gasteiger partial charge in [0.15, 0.2) is 0 Å². The summed E-state index contributed by atoms with van der Waals surface area (Å²) < 4.78 is 13.7. The lowest BCUT2D eigenvalue weighted by atomic mass is 10.2. The van der Waals surface area contributed by atoms with E-state index in [1.54, 1.807) is 13.0 Å². The Morgan fingerprint density at radius 1 is 1.37 bits per heavy atom. The van der Waals surface area contributed by atoms with Gasteiger partial charge >= 0.3 is 0 Å². The molecule has 2 rings (SSSR count). The summed E-state index contributed by atoms with van der Waals surface area (Å²) in [6.45, 7) is 1.74. The van der Waals surface area contributed by atoms with Gasteiger partial charge in [-0.2, -0.15) is 0 Å². The van der Waals surface area contributed by atoms with Crippen molar-refractivity contribution in [2.75, 3.05) is 5.32 Å². The van der Waals surface area contributed by atoms with E-state index in [9.17, 15) is 9.18 Å². The SMILES string of the molecule is Cc1cc(C(=O)Nc2cc(F)ccc2Br)cc(Cl)n1. The van der Waals surface area contributed by atoms with Crippen LogP contribution in [-0.2, 0) is 0 Å². The molecule has 1 heterocycles. The van der Waals surface area contributed by atoms with Gasteiger partial charge in [0, 0.05) is 15.7 Å². The lowest BCUT2D eigenvalue weighted by Gasteiger charge is -2.08. The third-order valence-corrected chi connectivity index (χ3v) is 3.25. The van der Waals surface area contributed by atoms with Gasteiger partial charge in [0.05, 0.1) is 5.69 Å². The Balaban J connectivity index is 2.28. The highest BCUT2D eigenvalue weighted by Gasteiger charge is 2.10. The summed E-state index contributed by atoms with van der Waals surface area (Å²) in [6.07, 6.45) is 0. The van der Waals surface area contributed by atoms with E-state index in [1.807, 2.05) is 0 Å². The first-order valence-corrected chi connectivity index (χ1v) is 6.53. The molecule has 1 aromatic heterocycles. The average Bonchev–Trinajstić information content (AvgIpc) is 2.32. The van der Waals surface area contributed by atoms with Crippen molar-refractivity contribution < 1.29 is 9.18 Å². The van der Waals surface area contributed by atoms with Crippen molar-refractivity contribution >= 4 is 39.1 Å². The van der Waals surface area contributed by atoms with E-state index in [0.717, 1.165) is 0 Å². The number of hydrogen-bond acceptors (Lipinski definition) is 2. The number of nitrogens with one attached hydrogen (secondary N) is 1. The molecule has 0 atom stereocenters. The standard InChI is InChI=1S/C13H9BrClFN2O/c1-7-4-8(5-12(15)17-7)13(19)18-11-6-9(16)2-3-10(11)14/h2-6H,1H3,(H,18,19). The van der Waals surface area contributed by atoms with Gasteiger partial charge in [-0.25, -0.2) is 9.37 Å². The zero-order valence-electron chi connectivity index (χ0n) is 9.88. The van der Waals surface area contributed by atoms with Gasteiger partial charge in [-0.3, -0.25) is 4.79 Å². The fraction of sp³-hybridized carbons (Fsp3) is 0.0769. The second-order valence-electron chi connectivity index (χ2n) is 3.90. The minimum Gasteiger partial charge on any atom is -0.321 e. The number of carbonyl (C=O) groups excluding carboxylic acids is 1. The van der Waals surface area contributed by atoms with Crippen molar-refractivity contribution in [3.8, 4) is 0 Å². The number of benzene rings is 1. The molecule has 0 unspecified atom stereocenters. The molecule has 0 saturated heterocycles. The van der Waals surface area contributed by atoms with E-state index in [2.05, 4.69) is 26.2 Å². The number of anilines is 1. The summed E-state index contributed by atoms with van der Waals surface area (Å²) in [5, 5.41) is 2.85. The van der Waals surface area contributed by atoms with Crippen LogP contribution < -0.4 is 5.32 Å². The van der Waals surface area contributed by atoms with Crippen LogP contribution in [0.4, 0.5) is 10.1 Å². The second-order valence-corrected chi connectivity index (χ2v) is 5.14. The van der Waals surface area contributed by atoms with Gasteiger partial charge in [-0.1, -0.05) is 11.6 Å². The summed E-state index contributed by atoms with van der Waals surface area (Å²) in [5.41, 5.74) is 1.36. The number of pyridine rings is 1. The number of rotatable bonds is 2. The van der Waals surface area contributed by atoms with Crippen LogP contribution in [0.15, 0.2) is 34.8 Å². The van der Waals surface area contributed by atoms with Gasteiger partial charge in [-0.05, 0) is 53.2 Å². The first-order valence-electron chi connectivity index (χ1n) is 5.36. The van der Waals surface area contributed by atoms with Gasteiger partial charge in [-0.15, -0.1) is 0 Å². The zero-order valence-corrected chi connectivity index (χ0v) is 12.2. The van der Waals surface area contributed by atoms with Crippen molar-refractivity contribution in [2.45, 2.75) is 6.92 Å². The molecule has 0 bridgehead atoms. The van der Waals surface area contributed by atoms with E-state index >= 15 is 0 Å². The van der Waals surface area contributed by atoms with Crippen molar-refractivity contribution in [2.24, 2.45) is 0 Å². The van der Waals surface area contributed by atoms with Crippen LogP contribution in [0.3, 0.4) is 0 Å². The number of amides is 1. The summed E-state index contributed by atoms with van der Waals surface area (Å²) in [7, 11) is 0. The number of hydrogen-bond donors (Lipinski definition) is 1. The van der Waals surface area contributed by atoms with Crippen LogP contribution in [-0.4, -0.2) is 10.9 Å². The van der Waals surface area contributed by atoms with Crippen LogP contribution in [0, 0.1) is 12.7 Å². The van der Waals surface area contributed by atoms with Gasteiger partial charge < -0.3 is 5.32 Å². The molecular weight excluding hydrogens is 335 g/mol. The van der Waals surface area contributed by atoms with Gasteiger partial charge in [0.25, 0.3) is 5.91 Å². The van der Waals surface area contributed by atoms with Gasteiger partial charge in [0.1, 0.15) is 11.0 Å². The molecule has 1 amide bonds. The third-order valence-electron chi connectivity index (χ3n) is 2.36. The first kappa shape index (κ1) is 14.0. The van der Waals surface area contributed by atoms with Crippen LogP contribution >= 0.6 is 27.5 Å². The molecular formula is C13H9BrClFN2O. The molecule has 1 aromatic carbocycles. The Hall–Kier alpha value is -1.46. The Labute approximate surface area is 122 Å². The molecule has 0 radical (unpaired) electrons. The number of carbonyl (C=O) groups is 1. The van der Waals surface area contributed by atoms with Gasteiger partial charge in [0.2, 0.25) is 0 Å². The minimum absolute atomic E-state index is 0.239. The number of nitrogens with zero attached hydrogens (tertiary/aromatic N) is 1. The molecule has 6 heteroatoms. The number of aryl methyl sites for hydroxylation is 1. The number of halogens is 3. The normalized spacial score (nSPS) is 10.3. The summed E-state index contributed by atoms with van der Waals surface area (Å²) in [5.74, 6) is -0.804. The predicted molar refractivity (Wildman–Crippen MR) is 76.0 cm³/mol. The molecule has 0 aliphatic rings. The summed E-state index contributed by atoms with van der Waals surface area (Å²) in [4.78, 5) is 16.0. The summed E-state index contributed by atoms with van der Waals surface area (Å²) in [6, 6.07) is 7.12. The maximum absolute atomic E-state index is 13.1. The Morgan fingerprint density at radius 2 is 2.11 bits per heavy atom. The average molecular weight is 344 g/mol. The summed E-state index contributed by atoms with van der Waals surface area (Å²) >= 11 is 9.03. The van der Waals surface area contributed by atoms with E-state index in [1.165, 1.54) is 24.3 Å². The van der Waals surface area contributed by atoms with E-state index < -0.39 is 5.82 Å². The van der Waals surface area contributed by atoms with Crippen LogP contribution in [0.25, 0.3) is 0 Å². The molecule has 0 aliphatic carbocycles. The largest absolute Gasteiger partial charge is 0.321 e. The third kappa shape index (κ3) is 3.52. The highest BCUT2D eigenvalue weighted by atomic mass is 79.9. The minimum atomic E-state index is -0.428. The fourth-order valence-electron chi connectivity index (χ4n) is 1.55. The van der Waals surface area contributed by atoms with Crippen molar-refractivity contribution in [3.05, 3.63) is 57.0 Å². The smallest absolute Gasteiger partial charge is 0.255 e. The highest BCUT2D eigenvalue weighted by Crippen LogP contribution is 2.24. The van der Waals surface area contributed by atoms with Crippen LogP contribution in [0.2, 0.25) is 5.15 Å². The fourth-order valence-corrected chi connectivity index (χ4v) is 2.14. The van der Waals surface area contributed by atoms with Crippen molar-refractivity contribution in [1.29, 1.82) is 0 Å². The van der Waals surface area contributed by atoms with Crippen LogP contribution in [0.1, 0.15) is 16.1 Å². The molecule has 19 heavy (non-hydrogen) atoms. The lowest BCUT2D eigenvalue weighted by Crippen LogP contribution is -2.13. The Morgan fingerprint density at radius 3 is 2.79 bits per heavy atom. The molecule has 0 aliphatic heterocycles. The van der Waals surface area contributed by atoms with E-state index in [0.29, 0.717) is 21.4 Å². The Bertz CT molecular complexity index is 628. The molecule has 3 nitrogen and oxygen atoms in total. The van der Waals surface area contributed by atoms with E-state index in [4.69, 9.17) is 11.6 Å². The molecule has 0 fully saturated rings. The molecule has 0 spiro atoms. The molecule has 98 valence electrons. The second kappa shape index (κ2) is 5.67.